The molecule has 11 nitrogen and oxygen atoms in total. The first kappa shape index (κ1) is 26.9. The first-order chi connectivity index (χ1) is 18.8. The molecule has 1 N–H and O–H groups in total. The molecule has 206 valence electrons. The molecule has 5 rings (SSSR count). The van der Waals surface area contributed by atoms with Crippen LogP contribution < -0.4 is 16.0 Å². The molecule has 0 bridgehead atoms. The lowest BCUT2D eigenvalue weighted by Gasteiger charge is -2.29. The quantitative estimate of drug-likeness (QED) is 0.295. The Labute approximate surface area is 227 Å². The second-order valence-electron chi connectivity index (χ2n) is 9.44. The van der Waals surface area contributed by atoms with Crippen LogP contribution in [0.5, 0.6) is 5.75 Å². The van der Waals surface area contributed by atoms with Crippen LogP contribution in [-0.2, 0) is 27.4 Å². The number of aromatic nitrogens is 3. The van der Waals surface area contributed by atoms with Crippen LogP contribution in [0.15, 0.2) is 50.7 Å². The number of nitrogens with zero attached hydrogens (tertiary/aromatic N) is 3. The van der Waals surface area contributed by atoms with Gasteiger partial charge in [0.05, 0.1) is 49.4 Å². The number of rotatable bonds is 11. The van der Waals surface area contributed by atoms with Crippen LogP contribution in [0.3, 0.4) is 0 Å². The largest absolute Gasteiger partial charge is 0.496 e. The number of hydrogen-bond donors (Lipinski definition) is 1. The van der Waals surface area contributed by atoms with Gasteiger partial charge in [0, 0.05) is 23.6 Å². The van der Waals surface area contributed by atoms with E-state index < -0.39 is 29.2 Å². The van der Waals surface area contributed by atoms with Gasteiger partial charge in [-0.25, -0.2) is 9.78 Å². The fraction of sp³-hybridized carbons (Fsp3) is 0.407. The van der Waals surface area contributed by atoms with E-state index in [1.807, 2.05) is 31.2 Å². The van der Waals surface area contributed by atoms with Crippen LogP contribution in [0.2, 0.25) is 0 Å². The Morgan fingerprint density at radius 3 is 2.67 bits per heavy atom. The first-order valence-corrected chi connectivity index (χ1v) is 13.4. The molecule has 0 saturated carbocycles. The van der Waals surface area contributed by atoms with E-state index in [9.17, 15) is 19.5 Å². The van der Waals surface area contributed by atoms with E-state index in [0.717, 1.165) is 21.4 Å². The molecule has 0 aliphatic carbocycles. The maximum absolute atomic E-state index is 13.9. The zero-order valence-electron chi connectivity index (χ0n) is 21.8. The third-order valence-corrected chi connectivity index (χ3v) is 7.99. The predicted molar refractivity (Wildman–Crippen MR) is 143 cm³/mol. The molecule has 12 heteroatoms. The summed E-state index contributed by atoms with van der Waals surface area (Å²) in [5, 5.41) is 9.77. The van der Waals surface area contributed by atoms with Gasteiger partial charge in [-0.1, -0.05) is 25.1 Å². The topological polar surface area (TPSA) is 135 Å². The van der Waals surface area contributed by atoms with E-state index in [-0.39, 0.29) is 30.5 Å². The monoisotopic (exact) mass is 555 g/mol. The van der Waals surface area contributed by atoms with Crippen LogP contribution in [0.4, 0.5) is 0 Å². The molecule has 4 heterocycles. The third-order valence-electron chi connectivity index (χ3n) is 6.87. The summed E-state index contributed by atoms with van der Waals surface area (Å²) in [5.74, 6) is -1.24. The number of methoxy groups -OCH3 is 1. The molecule has 4 aromatic rings. The maximum Gasteiger partial charge on any atom is 0.332 e. The third kappa shape index (κ3) is 5.14. The smallest absolute Gasteiger partial charge is 0.332 e. The van der Waals surface area contributed by atoms with E-state index in [1.54, 1.807) is 7.11 Å². The van der Waals surface area contributed by atoms with Gasteiger partial charge < -0.3 is 23.7 Å². The Morgan fingerprint density at radius 2 is 2.03 bits per heavy atom. The van der Waals surface area contributed by atoms with E-state index in [4.69, 9.17) is 18.6 Å². The number of aliphatic carboxylic acids is 1. The minimum absolute atomic E-state index is 0.0371. The number of thiophene rings is 1. The van der Waals surface area contributed by atoms with Crippen LogP contribution in [0, 0.1) is 12.8 Å². The van der Waals surface area contributed by atoms with Crippen molar-refractivity contribution < 1.29 is 28.5 Å². The van der Waals surface area contributed by atoms with Gasteiger partial charge in [0.1, 0.15) is 22.9 Å². The van der Waals surface area contributed by atoms with Crippen LogP contribution in [0.1, 0.15) is 29.9 Å². The number of benzene rings is 1. The normalized spacial score (nSPS) is 16.6. The van der Waals surface area contributed by atoms with Gasteiger partial charge in [0.15, 0.2) is 0 Å². The van der Waals surface area contributed by atoms with Crippen LogP contribution >= 0.6 is 11.3 Å². The molecular weight excluding hydrogens is 526 g/mol. The fourth-order valence-electron chi connectivity index (χ4n) is 4.63. The van der Waals surface area contributed by atoms with Crippen molar-refractivity contribution >= 4 is 27.5 Å². The van der Waals surface area contributed by atoms with E-state index in [2.05, 4.69) is 4.98 Å². The van der Waals surface area contributed by atoms with Gasteiger partial charge in [-0.15, -0.1) is 11.3 Å². The van der Waals surface area contributed by atoms with Crippen molar-refractivity contribution in [2.24, 2.45) is 5.92 Å². The number of hydrogen-bond acceptors (Lipinski definition) is 9. The summed E-state index contributed by atoms with van der Waals surface area (Å²) in [6, 6.07) is 7.39. The number of carbonyl (C=O) groups is 1. The second-order valence-corrected chi connectivity index (χ2v) is 10.6. The summed E-state index contributed by atoms with van der Waals surface area (Å²) >= 11 is 1.27. The summed E-state index contributed by atoms with van der Waals surface area (Å²) in [6.07, 6.45) is 3.11. The Morgan fingerprint density at radius 1 is 1.26 bits per heavy atom. The molecule has 3 atom stereocenters. The van der Waals surface area contributed by atoms with Gasteiger partial charge in [-0.2, -0.15) is 0 Å². The average Bonchev–Trinajstić information content (AvgIpc) is 3.54. The van der Waals surface area contributed by atoms with E-state index >= 15 is 0 Å². The van der Waals surface area contributed by atoms with Crippen molar-refractivity contribution in [3.63, 3.8) is 0 Å². The highest BCUT2D eigenvalue weighted by Gasteiger charge is 2.29. The number of oxazole rings is 1. The van der Waals surface area contributed by atoms with Gasteiger partial charge in [-0.05, 0) is 19.4 Å². The van der Waals surface area contributed by atoms with Gasteiger partial charge >= 0.3 is 11.7 Å². The predicted octanol–water partition coefficient (Wildman–Crippen LogP) is 3.46. The molecule has 2 unspecified atom stereocenters. The lowest BCUT2D eigenvalue weighted by Crippen LogP contribution is -2.43. The number of para-hydroxylation sites is 1. The first-order valence-electron chi connectivity index (χ1n) is 12.6. The summed E-state index contributed by atoms with van der Waals surface area (Å²) in [4.78, 5) is 44.7. The molecule has 1 fully saturated rings. The molecule has 0 radical (unpaired) electrons. The van der Waals surface area contributed by atoms with Crippen molar-refractivity contribution in [3.8, 4) is 17.2 Å². The Balaban J connectivity index is 1.70. The Bertz CT molecular complexity index is 1600. The molecule has 0 spiro atoms. The zero-order chi connectivity index (χ0) is 27.7. The zero-order valence-corrected chi connectivity index (χ0v) is 22.6. The maximum atomic E-state index is 13.9. The summed E-state index contributed by atoms with van der Waals surface area (Å²) in [7, 11) is 1.56. The van der Waals surface area contributed by atoms with Gasteiger partial charge in [0.2, 0.25) is 5.89 Å². The molecule has 1 saturated heterocycles. The van der Waals surface area contributed by atoms with Crippen molar-refractivity contribution in [2.45, 2.75) is 45.6 Å². The van der Waals surface area contributed by atoms with E-state index in [1.165, 1.54) is 35.3 Å². The molecule has 1 aromatic carbocycles. The Hall–Kier alpha value is -3.74. The molecule has 3 aromatic heterocycles. The summed E-state index contributed by atoms with van der Waals surface area (Å²) in [6.45, 7) is 4.04. The number of ether oxygens (including phenoxy) is 3. The Kier molecular flexibility index (Phi) is 7.69. The average molecular weight is 556 g/mol. The van der Waals surface area contributed by atoms with Crippen molar-refractivity contribution in [3.05, 3.63) is 68.0 Å². The lowest BCUT2D eigenvalue weighted by molar-refractivity contribution is -0.141. The molecular formula is C27H29N3O8S. The molecule has 1 aliphatic rings. The summed E-state index contributed by atoms with van der Waals surface area (Å²) < 4.78 is 25.4. The van der Waals surface area contributed by atoms with Gasteiger partial charge in [-0.3, -0.25) is 18.7 Å². The lowest BCUT2D eigenvalue weighted by atomic mass is 10.1. The van der Waals surface area contributed by atoms with Crippen molar-refractivity contribution in [1.29, 1.82) is 0 Å². The van der Waals surface area contributed by atoms with Gasteiger partial charge in [0.25, 0.3) is 5.56 Å². The molecule has 39 heavy (non-hydrogen) atoms. The highest BCUT2D eigenvalue weighted by atomic mass is 32.1. The van der Waals surface area contributed by atoms with E-state index in [0.29, 0.717) is 29.4 Å². The highest BCUT2D eigenvalue weighted by molar-refractivity contribution is 7.19. The number of fused-ring (bicyclic) bond motifs is 1. The fourth-order valence-corrected chi connectivity index (χ4v) is 5.77. The minimum Gasteiger partial charge on any atom is -0.496 e. The minimum atomic E-state index is -1.11. The molecule has 1 aliphatic heterocycles. The van der Waals surface area contributed by atoms with Crippen molar-refractivity contribution in [1.82, 2.24) is 14.1 Å². The number of carboxylic acids is 1. The van der Waals surface area contributed by atoms with Crippen LogP contribution in [0.25, 0.3) is 21.7 Å². The van der Waals surface area contributed by atoms with Crippen LogP contribution in [-0.4, -0.2) is 51.6 Å². The highest BCUT2D eigenvalue weighted by Crippen LogP contribution is 2.37. The van der Waals surface area contributed by atoms with Crippen molar-refractivity contribution in [2.75, 3.05) is 20.3 Å². The number of aryl methyl sites for hydroxylation is 1. The second kappa shape index (κ2) is 11.2. The molecule has 0 amide bonds. The number of carboxylic acid groups (broad SMARTS) is 1. The summed E-state index contributed by atoms with van der Waals surface area (Å²) in [5.41, 5.74) is 0.00376. The SMILES string of the molecule is COc1ccccc1C(Cn1c(=O)n(C[C@@H](C)C(=O)O)c(=O)c2c(-c3ncco3)c(C)sc21)OCC1CCO1. The standard InChI is InChI=1S/C27H29N3O8S/c1-15(26(32)33)12-29-24(31)22-21(23-28-9-11-37-23)16(2)39-25(22)30(27(29)34)13-20(38-14-17-8-10-36-17)18-6-4-5-7-19(18)35-3/h4-7,9,11,15,17,20H,8,10,12-14H2,1-3H3,(H,32,33)/t15-,17?,20?/m1/s1.